The standard InChI is InChI=1S/C21H18FN3O3/c22-16-6-4-14(5-7-16)20-19(23-12-28-20)21(27)24-9-13-8-15(11-24)17-2-1-3-18(26)25(17)10-13/h1-7,12-13,15H,8-11H2/t13-,15+/m1/s1. The second-order valence-electron chi connectivity index (χ2n) is 7.45. The first-order valence-electron chi connectivity index (χ1n) is 9.28. The molecule has 5 rings (SSSR count). The lowest BCUT2D eigenvalue weighted by Gasteiger charge is -2.42. The normalized spacial score (nSPS) is 20.7. The molecule has 4 heterocycles. The molecule has 2 atom stereocenters. The minimum atomic E-state index is -0.353. The van der Waals surface area contributed by atoms with Crippen LogP contribution in [-0.2, 0) is 6.54 Å². The zero-order valence-corrected chi connectivity index (χ0v) is 15.0. The number of oxazole rings is 1. The zero-order valence-electron chi connectivity index (χ0n) is 15.0. The maximum Gasteiger partial charge on any atom is 0.276 e. The first kappa shape index (κ1) is 16.9. The quantitative estimate of drug-likeness (QED) is 0.687. The Kier molecular flexibility index (Phi) is 3.89. The van der Waals surface area contributed by atoms with Gasteiger partial charge in [-0.1, -0.05) is 6.07 Å². The van der Waals surface area contributed by atoms with Gasteiger partial charge in [0.15, 0.2) is 17.8 Å². The highest BCUT2D eigenvalue weighted by Gasteiger charge is 2.37. The largest absolute Gasteiger partial charge is 0.443 e. The summed E-state index contributed by atoms with van der Waals surface area (Å²) in [7, 11) is 0. The molecule has 0 spiro atoms. The van der Waals surface area contributed by atoms with Crippen molar-refractivity contribution >= 4 is 5.91 Å². The highest BCUT2D eigenvalue weighted by molar-refractivity contribution is 5.97. The van der Waals surface area contributed by atoms with Gasteiger partial charge in [0.05, 0.1) is 0 Å². The lowest BCUT2D eigenvalue weighted by Crippen LogP contribution is -2.49. The van der Waals surface area contributed by atoms with E-state index >= 15 is 0 Å². The molecule has 0 aliphatic carbocycles. The minimum Gasteiger partial charge on any atom is -0.443 e. The summed E-state index contributed by atoms with van der Waals surface area (Å²) < 4.78 is 20.5. The van der Waals surface area contributed by atoms with E-state index in [1.807, 2.05) is 10.6 Å². The van der Waals surface area contributed by atoms with Crippen molar-refractivity contribution in [1.29, 1.82) is 0 Å². The van der Waals surface area contributed by atoms with Gasteiger partial charge in [-0.25, -0.2) is 9.37 Å². The average Bonchev–Trinajstić information content (AvgIpc) is 3.18. The van der Waals surface area contributed by atoms with E-state index in [-0.39, 0.29) is 34.8 Å². The fraction of sp³-hybridized carbons (Fsp3) is 0.286. The molecule has 3 aromatic rings. The third-order valence-electron chi connectivity index (χ3n) is 5.64. The predicted molar refractivity (Wildman–Crippen MR) is 99.4 cm³/mol. The van der Waals surface area contributed by atoms with Gasteiger partial charge >= 0.3 is 0 Å². The summed E-state index contributed by atoms with van der Waals surface area (Å²) in [6, 6.07) is 11.1. The molecule has 0 unspecified atom stereocenters. The molecule has 6 nitrogen and oxygen atoms in total. The van der Waals surface area contributed by atoms with Crippen LogP contribution < -0.4 is 5.56 Å². The van der Waals surface area contributed by atoms with Crippen LogP contribution in [0.15, 0.2) is 58.1 Å². The number of hydrogen-bond acceptors (Lipinski definition) is 4. The predicted octanol–water partition coefficient (Wildman–Crippen LogP) is 2.90. The molecule has 0 radical (unpaired) electrons. The molecule has 1 fully saturated rings. The highest BCUT2D eigenvalue weighted by Crippen LogP contribution is 2.36. The van der Waals surface area contributed by atoms with Gasteiger partial charge in [0.2, 0.25) is 0 Å². The van der Waals surface area contributed by atoms with Gasteiger partial charge in [-0.2, -0.15) is 0 Å². The molecular formula is C21H18FN3O3. The van der Waals surface area contributed by atoms with Gasteiger partial charge in [0.25, 0.3) is 11.5 Å². The van der Waals surface area contributed by atoms with Gasteiger partial charge in [-0.05, 0) is 42.7 Å². The number of aromatic nitrogens is 2. The number of fused-ring (bicyclic) bond motifs is 4. The van der Waals surface area contributed by atoms with E-state index in [0.717, 1.165) is 12.1 Å². The van der Waals surface area contributed by atoms with Crippen LogP contribution in [-0.4, -0.2) is 33.4 Å². The van der Waals surface area contributed by atoms with E-state index in [0.29, 0.717) is 31.0 Å². The minimum absolute atomic E-state index is 0.0158. The molecule has 1 saturated heterocycles. The smallest absolute Gasteiger partial charge is 0.276 e. The summed E-state index contributed by atoms with van der Waals surface area (Å²) in [6.07, 6.45) is 2.21. The van der Waals surface area contributed by atoms with Gasteiger partial charge in [-0.3, -0.25) is 9.59 Å². The number of nitrogens with zero attached hydrogens (tertiary/aromatic N) is 3. The Labute approximate surface area is 160 Å². The number of likely N-dealkylation sites (tertiary alicyclic amines) is 1. The van der Waals surface area contributed by atoms with Crippen LogP contribution in [0.1, 0.15) is 28.5 Å². The Morgan fingerprint density at radius 3 is 2.75 bits per heavy atom. The van der Waals surface area contributed by atoms with Crippen molar-refractivity contribution < 1.29 is 13.6 Å². The topological polar surface area (TPSA) is 68.3 Å². The molecule has 2 aliphatic heterocycles. The fourth-order valence-electron chi connectivity index (χ4n) is 4.42. The molecule has 2 aliphatic rings. The summed E-state index contributed by atoms with van der Waals surface area (Å²) in [4.78, 5) is 31.3. The molecule has 2 aromatic heterocycles. The molecular weight excluding hydrogens is 361 g/mol. The van der Waals surface area contributed by atoms with Crippen molar-refractivity contribution in [1.82, 2.24) is 14.5 Å². The fourth-order valence-corrected chi connectivity index (χ4v) is 4.42. The number of piperidine rings is 1. The van der Waals surface area contributed by atoms with Crippen molar-refractivity contribution in [3.8, 4) is 11.3 Å². The van der Waals surface area contributed by atoms with Crippen LogP contribution in [0.5, 0.6) is 0 Å². The number of carbonyl (C=O) groups is 1. The van der Waals surface area contributed by atoms with Crippen LogP contribution >= 0.6 is 0 Å². The molecule has 1 aromatic carbocycles. The van der Waals surface area contributed by atoms with Crippen LogP contribution in [0.4, 0.5) is 4.39 Å². The van der Waals surface area contributed by atoms with Crippen molar-refractivity contribution in [3.63, 3.8) is 0 Å². The molecule has 142 valence electrons. The second kappa shape index (κ2) is 6.44. The number of hydrogen-bond donors (Lipinski definition) is 0. The Balaban J connectivity index is 1.45. The number of amides is 1. The summed E-state index contributed by atoms with van der Waals surface area (Å²) in [5, 5.41) is 0. The molecule has 0 saturated carbocycles. The molecule has 2 bridgehead atoms. The average molecular weight is 379 g/mol. The van der Waals surface area contributed by atoms with Crippen molar-refractivity contribution in [2.75, 3.05) is 13.1 Å². The molecule has 0 N–H and O–H groups in total. The number of halogens is 1. The lowest BCUT2D eigenvalue weighted by molar-refractivity contribution is 0.0589. The first-order chi connectivity index (χ1) is 13.6. The van der Waals surface area contributed by atoms with Crippen LogP contribution in [0, 0.1) is 11.7 Å². The number of benzene rings is 1. The summed E-state index contributed by atoms with van der Waals surface area (Å²) in [5.74, 6) is 0.156. The summed E-state index contributed by atoms with van der Waals surface area (Å²) in [5.41, 5.74) is 1.84. The van der Waals surface area contributed by atoms with Gasteiger partial charge in [-0.15, -0.1) is 0 Å². The number of rotatable bonds is 2. The Morgan fingerprint density at radius 2 is 1.93 bits per heavy atom. The maximum atomic E-state index is 13.2. The first-order valence-corrected chi connectivity index (χ1v) is 9.28. The summed E-state index contributed by atoms with van der Waals surface area (Å²) in [6.45, 7) is 1.74. The Hall–Kier alpha value is -3.22. The van der Waals surface area contributed by atoms with E-state index in [2.05, 4.69) is 4.98 Å². The SMILES string of the molecule is O=C(c1ncoc1-c1ccc(F)cc1)N1C[C@H]2C[C@@H](C1)c1cccc(=O)n1C2. The van der Waals surface area contributed by atoms with Crippen LogP contribution in [0.25, 0.3) is 11.3 Å². The van der Waals surface area contributed by atoms with Crippen LogP contribution in [0.3, 0.4) is 0 Å². The van der Waals surface area contributed by atoms with E-state index in [4.69, 9.17) is 4.42 Å². The third kappa shape index (κ3) is 2.74. The van der Waals surface area contributed by atoms with E-state index in [1.165, 1.54) is 18.5 Å². The monoisotopic (exact) mass is 379 g/mol. The summed E-state index contributed by atoms with van der Waals surface area (Å²) >= 11 is 0. The van der Waals surface area contributed by atoms with Gasteiger partial charge < -0.3 is 13.9 Å². The number of pyridine rings is 1. The zero-order chi connectivity index (χ0) is 19.3. The van der Waals surface area contributed by atoms with E-state index in [1.54, 1.807) is 29.2 Å². The number of carbonyl (C=O) groups excluding carboxylic acids is 1. The highest BCUT2D eigenvalue weighted by atomic mass is 19.1. The maximum absolute atomic E-state index is 13.2. The van der Waals surface area contributed by atoms with E-state index in [9.17, 15) is 14.0 Å². The van der Waals surface area contributed by atoms with Gasteiger partial charge in [0, 0.05) is 42.9 Å². The van der Waals surface area contributed by atoms with Crippen LogP contribution in [0.2, 0.25) is 0 Å². The van der Waals surface area contributed by atoms with E-state index < -0.39 is 0 Å². The molecule has 7 heteroatoms. The van der Waals surface area contributed by atoms with Crippen molar-refractivity contribution in [2.24, 2.45) is 5.92 Å². The Morgan fingerprint density at radius 1 is 1.11 bits per heavy atom. The second-order valence-corrected chi connectivity index (χ2v) is 7.45. The molecule has 1 amide bonds. The van der Waals surface area contributed by atoms with Gasteiger partial charge in [0.1, 0.15) is 5.82 Å². The molecule has 28 heavy (non-hydrogen) atoms. The van der Waals surface area contributed by atoms with Crippen molar-refractivity contribution in [3.05, 3.63) is 76.4 Å². The third-order valence-corrected chi connectivity index (χ3v) is 5.64. The van der Waals surface area contributed by atoms with Crippen molar-refractivity contribution in [2.45, 2.75) is 18.9 Å². The lowest BCUT2D eigenvalue weighted by atomic mass is 9.83. The Bertz CT molecular complexity index is 1100.